The van der Waals surface area contributed by atoms with Crippen LogP contribution in [-0.2, 0) is 14.9 Å². The average molecular weight is 488 g/mol. The van der Waals surface area contributed by atoms with Gasteiger partial charge in [-0.2, -0.15) is 0 Å². The predicted molar refractivity (Wildman–Crippen MR) is 139 cm³/mol. The topological polar surface area (TPSA) is 81.2 Å². The number of piperazine rings is 1. The third-order valence-corrected chi connectivity index (χ3v) is 8.02. The largest absolute Gasteiger partial charge is 0.387 e. The maximum Gasteiger partial charge on any atom is 0.241 e. The van der Waals surface area contributed by atoms with E-state index in [1.54, 1.807) is 0 Å². The Hall–Kier alpha value is -1.58. The van der Waals surface area contributed by atoms with Crippen molar-refractivity contribution >= 4 is 11.6 Å². The summed E-state index contributed by atoms with van der Waals surface area (Å²) in [5.74, 6) is 0.126. The van der Waals surface area contributed by atoms with E-state index in [4.69, 9.17) is 4.74 Å². The molecule has 0 spiro atoms. The van der Waals surface area contributed by atoms with Gasteiger partial charge in [-0.05, 0) is 33.3 Å². The third-order valence-electron chi connectivity index (χ3n) is 8.02. The standard InChI is InChI=1S/C27H45N5O3/c1-7-8-25(33)23-9-24-22(11-29-23)27(5,6)17-32(24)26(34)14-30-12-18(2)28-10-21(30)13-31-19(3)15-35-16-20(31)4/h9,11,18-21,25,28,33H,7-8,10,12-17H2,1-6H3/t18-,19-,20-,21-,25+/m1/s1. The Kier molecular flexibility index (Phi) is 8.18. The van der Waals surface area contributed by atoms with Gasteiger partial charge in [0.25, 0.3) is 0 Å². The zero-order valence-electron chi connectivity index (χ0n) is 22.5. The van der Waals surface area contributed by atoms with Gasteiger partial charge in [-0.3, -0.25) is 19.6 Å². The highest BCUT2D eigenvalue weighted by Crippen LogP contribution is 2.41. The van der Waals surface area contributed by atoms with Crippen LogP contribution in [0.2, 0.25) is 0 Å². The normalized spacial score (nSPS) is 30.3. The molecule has 1 aromatic rings. The summed E-state index contributed by atoms with van der Waals surface area (Å²) in [7, 11) is 0. The van der Waals surface area contributed by atoms with E-state index in [0.29, 0.717) is 43.3 Å². The Balaban J connectivity index is 1.52. The molecule has 1 aromatic heterocycles. The van der Waals surface area contributed by atoms with Gasteiger partial charge in [-0.25, -0.2) is 0 Å². The van der Waals surface area contributed by atoms with Crippen molar-refractivity contribution in [2.24, 2.45) is 0 Å². The molecule has 8 heteroatoms. The number of aliphatic hydroxyl groups excluding tert-OH is 1. The second-order valence-corrected chi connectivity index (χ2v) is 11.6. The molecule has 2 N–H and O–H groups in total. The van der Waals surface area contributed by atoms with Crippen LogP contribution in [0.4, 0.5) is 5.69 Å². The number of hydrogen-bond donors (Lipinski definition) is 2. The van der Waals surface area contributed by atoms with Crippen LogP contribution in [0.25, 0.3) is 0 Å². The maximum atomic E-state index is 13.8. The summed E-state index contributed by atoms with van der Waals surface area (Å²) >= 11 is 0. The number of carbonyl (C=O) groups is 1. The number of hydrogen-bond acceptors (Lipinski definition) is 7. The molecule has 0 bridgehead atoms. The van der Waals surface area contributed by atoms with Crippen molar-refractivity contribution in [2.45, 2.75) is 90.1 Å². The van der Waals surface area contributed by atoms with E-state index < -0.39 is 6.10 Å². The summed E-state index contributed by atoms with van der Waals surface area (Å²) in [6, 6.07) is 3.32. The first-order valence-electron chi connectivity index (χ1n) is 13.4. The Morgan fingerprint density at radius 1 is 1.29 bits per heavy atom. The average Bonchev–Trinajstić information content (AvgIpc) is 3.08. The van der Waals surface area contributed by atoms with Crippen LogP contribution in [0.5, 0.6) is 0 Å². The molecular weight excluding hydrogens is 442 g/mol. The summed E-state index contributed by atoms with van der Waals surface area (Å²) < 4.78 is 5.73. The maximum absolute atomic E-state index is 13.8. The summed E-state index contributed by atoms with van der Waals surface area (Å²) in [5, 5.41) is 14.2. The van der Waals surface area contributed by atoms with Gasteiger partial charge in [-0.15, -0.1) is 0 Å². The van der Waals surface area contributed by atoms with Gasteiger partial charge in [0, 0.05) is 67.5 Å². The van der Waals surface area contributed by atoms with E-state index in [1.807, 2.05) is 17.2 Å². The fraction of sp³-hybridized carbons (Fsp3) is 0.778. The number of rotatable bonds is 7. The zero-order chi connectivity index (χ0) is 25.3. The highest BCUT2D eigenvalue weighted by molar-refractivity contribution is 5.97. The number of carbonyl (C=O) groups excluding carboxylic acids is 1. The molecule has 5 atom stereocenters. The van der Waals surface area contributed by atoms with Crippen LogP contribution < -0.4 is 10.2 Å². The first-order valence-corrected chi connectivity index (χ1v) is 13.4. The SMILES string of the molecule is CCC[C@H](O)c1cc2c(cn1)C(C)(C)CN2C(=O)CN1C[C@@H](C)NC[C@@H]1CN1[C@H](C)COC[C@H]1C. The molecule has 2 saturated heterocycles. The number of pyridine rings is 1. The molecule has 3 aliphatic heterocycles. The van der Waals surface area contributed by atoms with Crippen molar-refractivity contribution in [1.29, 1.82) is 0 Å². The highest BCUT2D eigenvalue weighted by atomic mass is 16.5. The first kappa shape index (κ1) is 26.5. The quantitative estimate of drug-likeness (QED) is 0.611. The minimum Gasteiger partial charge on any atom is -0.387 e. The lowest BCUT2D eigenvalue weighted by molar-refractivity contribution is -0.121. The van der Waals surface area contributed by atoms with Crippen LogP contribution in [0, 0.1) is 0 Å². The molecule has 35 heavy (non-hydrogen) atoms. The van der Waals surface area contributed by atoms with Crippen molar-refractivity contribution in [1.82, 2.24) is 20.1 Å². The van der Waals surface area contributed by atoms with Crippen molar-refractivity contribution in [3.05, 3.63) is 23.5 Å². The highest BCUT2D eigenvalue weighted by Gasteiger charge is 2.40. The van der Waals surface area contributed by atoms with Gasteiger partial charge in [0.05, 0.1) is 37.2 Å². The molecule has 4 rings (SSSR count). The molecule has 2 fully saturated rings. The molecule has 0 aliphatic carbocycles. The van der Waals surface area contributed by atoms with E-state index in [0.717, 1.165) is 50.5 Å². The van der Waals surface area contributed by atoms with Crippen molar-refractivity contribution in [3.8, 4) is 0 Å². The van der Waals surface area contributed by atoms with Crippen molar-refractivity contribution < 1.29 is 14.6 Å². The van der Waals surface area contributed by atoms with Crippen molar-refractivity contribution in [2.75, 3.05) is 50.8 Å². The van der Waals surface area contributed by atoms with Gasteiger partial charge < -0.3 is 20.1 Å². The molecule has 3 aliphatic rings. The minimum atomic E-state index is -0.595. The van der Waals surface area contributed by atoms with Crippen LogP contribution >= 0.6 is 0 Å². The molecule has 0 aromatic carbocycles. The Morgan fingerprint density at radius 2 is 2.00 bits per heavy atom. The molecule has 8 nitrogen and oxygen atoms in total. The minimum absolute atomic E-state index is 0.126. The second kappa shape index (κ2) is 10.8. The second-order valence-electron chi connectivity index (χ2n) is 11.6. The van der Waals surface area contributed by atoms with Crippen LogP contribution in [0.1, 0.15) is 71.7 Å². The number of anilines is 1. The first-order chi connectivity index (χ1) is 16.6. The monoisotopic (exact) mass is 487 g/mol. The number of fused-ring (bicyclic) bond motifs is 1. The number of ether oxygens (including phenoxy) is 1. The van der Waals surface area contributed by atoms with E-state index in [-0.39, 0.29) is 17.4 Å². The lowest BCUT2D eigenvalue weighted by Gasteiger charge is -2.46. The van der Waals surface area contributed by atoms with Gasteiger partial charge >= 0.3 is 0 Å². The number of morpholine rings is 1. The fourth-order valence-corrected chi connectivity index (χ4v) is 5.90. The molecule has 1 amide bonds. The van der Waals surface area contributed by atoms with Gasteiger partial charge in [-0.1, -0.05) is 27.2 Å². The molecule has 0 radical (unpaired) electrons. The Labute approximate surface area is 211 Å². The van der Waals surface area contributed by atoms with E-state index >= 15 is 0 Å². The molecule has 4 heterocycles. The van der Waals surface area contributed by atoms with Gasteiger partial charge in [0.15, 0.2) is 0 Å². The van der Waals surface area contributed by atoms with Gasteiger partial charge in [0.1, 0.15) is 0 Å². The Morgan fingerprint density at radius 3 is 2.69 bits per heavy atom. The van der Waals surface area contributed by atoms with E-state index in [1.165, 1.54) is 0 Å². The summed E-state index contributed by atoms with van der Waals surface area (Å²) in [6.07, 6.45) is 2.83. The number of aliphatic hydroxyl groups is 1. The lowest BCUT2D eigenvalue weighted by atomic mass is 9.88. The van der Waals surface area contributed by atoms with Crippen LogP contribution in [0.3, 0.4) is 0 Å². The van der Waals surface area contributed by atoms with Crippen molar-refractivity contribution in [3.63, 3.8) is 0 Å². The third kappa shape index (κ3) is 5.72. The number of nitrogens with zero attached hydrogens (tertiary/aromatic N) is 4. The molecule has 0 saturated carbocycles. The zero-order valence-corrected chi connectivity index (χ0v) is 22.5. The van der Waals surface area contributed by atoms with E-state index in [9.17, 15) is 9.90 Å². The van der Waals surface area contributed by atoms with Crippen LogP contribution in [0.15, 0.2) is 12.3 Å². The predicted octanol–water partition coefficient (Wildman–Crippen LogP) is 2.31. The van der Waals surface area contributed by atoms with E-state index in [2.05, 4.69) is 61.6 Å². The number of nitrogens with one attached hydrogen (secondary N) is 1. The smallest absolute Gasteiger partial charge is 0.241 e. The number of aromatic nitrogens is 1. The molecule has 196 valence electrons. The number of amides is 1. The molecule has 0 unspecified atom stereocenters. The van der Waals surface area contributed by atoms with Gasteiger partial charge in [0.2, 0.25) is 5.91 Å². The summed E-state index contributed by atoms with van der Waals surface area (Å²) in [4.78, 5) is 25.2. The summed E-state index contributed by atoms with van der Waals surface area (Å²) in [5.41, 5.74) is 2.49. The van der Waals surface area contributed by atoms with Crippen LogP contribution in [-0.4, -0.2) is 95.9 Å². The Bertz CT molecular complexity index is 884. The summed E-state index contributed by atoms with van der Waals surface area (Å²) in [6.45, 7) is 18.3. The lowest BCUT2D eigenvalue weighted by Crippen LogP contribution is -2.63. The fourth-order valence-electron chi connectivity index (χ4n) is 5.90. The molecular formula is C27H45N5O3.